The quantitative estimate of drug-likeness (QED) is 0.630. The Hall–Kier alpha value is -3.70. The van der Waals surface area contributed by atoms with E-state index in [9.17, 15) is 9.18 Å². The standard InChI is InChI=1S/C25H24FN5O2/c26-19-5-6-24-21(11-19)23(8-10-33-24)31-9-7-22(25(31)32)29-14-20-13-28-16-30(20)15-18-3-1-17(12-27)2-4-18/h1-6,11,13,16,22-23,29H,7-10,14-15H2/t22-,23+/m1/s1. The summed E-state index contributed by atoms with van der Waals surface area (Å²) in [5, 5.41) is 12.3. The number of carbonyl (C=O) groups excluding carboxylic acids is 1. The Morgan fingerprint density at radius 3 is 2.88 bits per heavy atom. The lowest BCUT2D eigenvalue weighted by Gasteiger charge is -2.33. The van der Waals surface area contributed by atoms with Crippen molar-refractivity contribution in [1.82, 2.24) is 19.8 Å². The predicted molar refractivity (Wildman–Crippen MR) is 119 cm³/mol. The van der Waals surface area contributed by atoms with Crippen LogP contribution >= 0.6 is 0 Å². The molecule has 168 valence electrons. The number of fused-ring (bicyclic) bond motifs is 1. The molecule has 1 N–H and O–H groups in total. The van der Waals surface area contributed by atoms with Crippen LogP contribution in [0, 0.1) is 17.1 Å². The number of aromatic nitrogens is 2. The molecule has 5 rings (SSSR count). The normalized spacial score (nSPS) is 19.8. The number of imidazole rings is 1. The van der Waals surface area contributed by atoms with Crippen LogP contribution in [0.5, 0.6) is 5.75 Å². The molecular weight excluding hydrogens is 421 g/mol. The molecule has 2 aliphatic heterocycles. The summed E-state index contributed by atoms with van der Waals surface area (Å²) in [6, 6.07) is 13.7. The maximum absolute atomic E-state index is 13.8. The molecule has 1 fully saturated rings. The Balaban J connectivity index is 1.23. The summed E-state index contributed by atoms with van der Waals surface area (Å²) >= 11 is 0. The molecule has 2 aromatic carbocycles. The second-order valence-corrected chi connectivity index (χ2v) is 8.41. The van der Waals surface area contributed by atoms with Gasteiger partial charge in [0.25, 0.3) is 0 Å². The first-order chi connectivity index (χ1) is 16.1. The zero-order valence-electron chi connectivity index (χ0n) is 18.1. The first-order valence-corrected chi connectivity index (χ1v) is 11.1. The van der Waals surface area contributed by atoms with Gasteiger partial charge < -0.3 is 19.5 Å². The number of nitrogens with one attached hydrogen (secondary N) is 1. The summed E-state index contributed by atoms with van der Waals surface area (Å²) in [5.41, 5.74) is 3.42. The minimum atomic E-state index is -0.318. The number of ether oxygens (including phenoxy) is 1. The van der Waals surface area contributed by atoms with Crippen LogP contribution in [0.25, 0.3) is 0 Å². The third kappa shape index (κ3) is 4.32. The van der Waals surface area contributed by atoms with Crippen LogP contribution in [0.15, 0.2) is 55.0 Å². The van der Waals surface area contributed by atoms with Gasteiger partial charge in [-0.25, -0.2) is 9.37 Å². The molecule has 2 aliphatic rings. The molecule has 0 saturated carbocycles. The molecule has 8 heteroatoms. The van der Waals surface area contributed by atoms with Gasteiger partial charge in [-0.15, -0.1) is 0 Å². The van der Waals surface area contributed by atoms with Gasteiger partial charge in [0.2, 0.25) is 5.91 Å². The van der Waals surface area contributed by atoms with Gasteiger partial charge in [0.15, 0.2) is 0 Å². The van der Waals surface area contributed by atoms with Crippen LogP contribution in [0.1, 0.15) is 41.3 Å². The lowest BCUT2D eigenvalue weighted by Crippen LogP contribution is -2.40. The fourth-order valence-electron chi connectivity index (χ4n) is 4.62. The van der Waals surface area contributed by atoms with Gasteiger partial charge in [-0.3, -0.25) is 4.79 Å². The molecule has 0 unspecified atom stereocenters. The molecular formula is C25H24FN5O2. The lowest BCUT2D eigenvalue weighted by atomic mass is 9.99. The maximum atomic E-state index is 13.8. The van der Waals surface area contributed by atoms with E-state index in [1.807, 2.05) is 21.6 Å². The smallest absolute Gasteiger partial charge is 0.240 e. The number of nitriles is 1. The summed E-state index contributed by atoms with van der Waals surface area (Å²) in [7, 11) is 0. The van der Waals surface area contributed by atoms with Crippen LogP contribution in [-0.2, 0) is 17.9 Å². The largest absolute Gasteiger partial charge is 0.493 e. The second-order valence-electron chi connectivity index (χ2n) is 8.41. The van der Waals surface area contributed by atoms with Crippen molar-refractivity contribution in [3.63, 3.8) is 0 Å². The molecule has 0 spiro atoms. The highest BCUT2D eigenvalue weighted by atomic mass is 19.1. The van der Waals surface area contributed by atoms with E-state index in [0.717, 1.165) is 16.8 Å². The van der Waals surface area contributed by atoms with Gasteiger partial charge in [-0.05, 0) is 42.3 Å². The van der Waals surface area contributed by atoms with Crippen molar-refractivity contribution in [2.75, 3.05) is 13.2 Å². The number of hydrogen-bond donors (Lipinski definition) is 1. The zero-order valence-corrected chi connectivity index (χ0v) is 18.1. The van der Waals surface area contributed by atoms with Gasteiger partial charge in [0, 0.05) is 37.8 Å². The summed E-state index contributed by atoms with van der Waals surface area (Å²) < 4.78 is 21.5. The van der Waals surface area contributed by atoms with Crippen LogP contribution < -0.4 is 10.1 Å². The first kappa shape index (κ1) is 21.2. The van der Waals surface area contributed by atoms with Crippen molar-refractivity contribution in [1.29, 1.82) is 5.26 Å². The molecule has 1 aromatic heterocycles. The van der Waals surface area contributed by atoms with E-state index in [-0.39, 0.29) is 23.8 Å². The van der Waals surface area contributed by atoms with Crippen LogP contribution in [-0.4, -0.2) is 39.6 Å². The first-order valence-electron chi connectivity index (χ1n) is 11.1. The molecule has 0 radical (unpaired) electrons. The van der Waals surface area contributed by atoms with Gasteiger partial charge >= 0.3 is 0 Å². The van der Waals surface area contributed by atoms with Crippen molar-refractivity contribution < 1.29 is 13.9 Å². The fraction of sp³-hybridized carbons (Fsp3) is 0.320. The summed E-state index contributed by atoms with van der Waals surface area (Å²) in [6.07, 6.45) is 4.92. The molecule has 0 bridgehead atoms. The molecule has 0 aliphatic carbocycles. The van der Waals surface area contributed by atoms with E-state index < -0.39 is 0 Å². The maximum Gasteiger partial charge on any atom is 0.240 e. The van der Waals surface area contributed by atoms with Crippen molar-refractivity contribution in [3.8, 4) is 11.8 Å². The van der Waals surface area contributed by atoms with E-state index in [4.69, 9.17) is 10.00 Å². The molecule has 7 nitrogen and oxygen atoms in total. The monoisotopic (exact) mass is 445 g/mol. The molecule has 1 amide bonds. The Morgan fingerprint density at radius 1 is 1.21 bits per heavy atom. The van der Waals surface area contributed by atoms with Crippen LogP contribution in [0.3, 0.4) is 0 Å². The van der Waals surface area contributed by atoms with Crippen LogP contribution in [0.4, 0.5) is 4.39 Å². The minimum absolute atomic E-state index is 0.0373. The highest BCUT2D eigenvalue weighted by Gasteiger charge is 2.38. The highest BCUT2D eigenvalue weighted by Crippen LogP contribution is 2.38. The van der Waals surface area contributed by atoms with Crippen molar-refractivity contribution >= 4 is 5.91 Å². The van der Waals surface area contributed by atoms with E-state index in [2.05, 4.69) is 16.4 Å². The lowest BCUT2D eigenvalue weighted by molar-refractivity contribution is -0.132. The second kappa shape index (κ2) is 9.04. The molecule has 1 saturated heterocycles. The average molecular weight is 445 g/mol. The Labute approximate surface area is 191 Å². The third-order valence-electron chi connectivity index (χ3n) is 6.36. The third-order valence-corrected chi connectivity index (χ3v) is 6.36. The number of carbonyl (C=O) groups is 1. The molecule has 2 atom stereocenters. The van der Waals surface area contributed by atoms with E-state index >= 15 is 0 Å². The van der Waals surface area contributed by atoms with E-state index in [1.54, 1.807) is 30.7 Å². The molecule has 33 heavy (non-hydrogen) atoms. The number of halogens is 1. The fourth-order valence-corrected chi connectivity index (χ4v) is 4.62. The Kier molecular flexibility index (Phi) is 5.80. The van der Waals surface area contributed by atoms with E-state index in [0.29, 0.717) is 50.4 Å². The number of hydrogen-bond acceptors (Lipinski definition) is 5. The molecule has 3 aromatic rings. The topological polar surface area (TPSA) is 83.2 Å². The summed E-state index contributed by atoms with van der Waals surface area (Å²) in [4.78, 5) is 19.3. The van der Waals surface area contributed by atoms with Crippen LogP contribution in [0.2, 0.25) is 0 Å². The summed E-state index contributed by atoms with van der Waals surface area (Å²) in [6.45, 7) is 2.29. The Bertz CT molecular complexity index is 1200. The predicted octanol–water partition coefficient (Wildman–Crippen LogP) is 3.16. The van der Waals surface area contributed by atoms with Crippen molar-refractivity contribution in [3.05, 3.63) is 83.2 Å². The average Bonchev–Trinajstić information content (AvgIpc) is 3.43. The Morgan fingerprint density at radius 2 is 2.06 bits per heavy atom. The zero-order chi connectivity index (χ0) is 22.8. The highest BCUT2D eigenvalue weighted by molar-refractivity contribution is 5.84. The van der Waals surface area contributed by atoms with Crippen molar-refractivity contribution in [2.45, 2.75) is 38.0 Å². The van der Waals surface area contributed by atoms with Gasteiger partial charge in [-0.2, -0.15) is 5.26 Å². The molecule has 3 heterocycles. The number of nitrogens with zero attached hydrogens (tertiary/aromatic N) is 4. The van der Waals surface area contributed by atoms with Gasteiger partial charge in [0.05, 0.1) is 42.3 Å². The van der Waals surface area contributed by atoms with E-state index in [1.165, 1.54) is 12.1 Å². The number of benzene rings is 2. The minimum Gasteiger partial charge on any atom is -0.493 e. The van der Waals surface area contributed by atoms with Gasteiger partial charge in [-0.1, -0.05) is 12.1 Å². The summed E-state index contributed by atoms with van der Waals surface area (Å²) in [5.74, 6) is 0.375. The van der Waals surface area contributed by atoms with Crippen molar-refractivity contribution in [2.24, 2.45) is 0 Å². The number of amides is 1. The number of rotatable bonds is 6. The number of likely N-dealkylation sites (tertiary alicyclic amines) is 1. The SMILES string of the molecule is N#Cc1ccc(Cn2cncc2CN[C@@H]2CCN([C@H]3CCOc4ccc(F)cc43)C2=O)cc1. The van der Waals surface area contributed by atoms with Gasteiger partial charge in [0.1, 0.15) is 11.6 Å².